The molecule has 1 aliphatic heterocycles. The van der Waals surface area contributed by atoms with Gasteiger partial charge < -0.3 is 10.1 Å². The molecule has 2 N–H and O–H groups in total. The third-order valence-electron chi connectivity index (χ3n) is 3.40. The van der Waals surface area contributed by atoms with E-state index in [2.05, 4.69) is 10.0 Å². The molecule has 1 saturated heterocycles. The van der Waals surface area contributed by atoms with Crippen LogP contribution in [0.5, 0.6) is 0 Å². The van der Waals surface area contributed by atoms with E-state index in [4.69, 9.17) is 4.74 Å². The molecule has 5 nitrogen and oxygen atoms in total. The zero-order chi connectivity index (χ0) is 14.6. The first-order chi connectivity index (χ1) is 8.68. The Morgan fingerprint density at radius 3 is 2.25 bits per heavy atom. The molecule has 0 aromatic heterocycles. The van der Waals surface area contributed by atoms with Crippen molar-refractivity contribution in [2.24, 2.45) is 10.8 Å². The average Bonchev–Trinajstić information content (AvgIpc) is 2.25. The summed E-state index contributed by atoms with van der Waals surface area (Å²) in [4.78, 5) is 0. The molecule has 0 aromatic carbocycles. The van der Waals surface area contributed by atoms with Crippen LogP contribution < -0.4 is 10.0 Å². The van der Waals surface area contributed by atoms with Gasteiger partial charge in [-0.05, 0) is 31.3 Å². The van der Waals surface area contributed by atoms with Gasteiger partial charge in [-0.1, -0.05) is 20.8 Å². The Morgan fingerprint density at radius 1 is 1.25 bits per heavy atom. The molecular weight excluding hydrogens is 300 g/mol. The van der Waals surface area contributed by atoms with Gasteiger partial charge in [-0.25, -0.2) is 13.1 Å². The SMILES string of the molecule is COCC1(CNS(=O)(=O)CC(C)(C)C)CCNCC1.Cl. The van der Waals surface area contributed by atoms with Gasteiger partial charge in [0.25, 0.3) is 0 Å². The predicted octanol–water partition coefficient (Wildman–Crippen LogP) is 1.39. The van der Waals surface area contributed by atoms with Gasteiger partial charge in [0.05, 0.1) is 12.4 Å². The summed E-state index contributed by atoms with van der Waals surface area (Å²) in [6, 6.07) is 0. The molecule has 1 rings (SSSR count). The molecular formula is C13H29ClN2O3S. The summed E-state index contributed by atoms with van der Waals surface area (Å²) >= 11 is 0. The number of sulfonamides is 1. The van der Waals surface area contributed by atoms with Crippen LogP contribution in [-0.4, -0.2) is 47.5 Å². The highest BCUT2D eigenvalue weighted by Crippen LogP contribution is 2.28. The number of piperidine rings is 1. The first-order valence-electron chi connectivity index (χ1n) is 6.85. The van der Waals surface area contributed by atoms with E-state index >= 15 is 0 Å². The van der Waals surface area contributed by atoms with Crippen molar-refractivity contribution in [3.05, 3.63) is 0 Å². The van der Waals surface area contributed by atoms with Crippen molar-refractivity contribution in [2.75, 3.05) is 39.1 Å². The fourth-order valence-corrected chi connectivity index (χ4v) is 4.29. The molecule has 0 radical (unpaired) electrons. The Kier molecular flexibility index (Phi) is 7.99. The smallest absolute Gasteiger partial charge is 0.212 e. The van der Waals surface area contributed by atoms with Crippen molar-refractivity contribution in [2.45, 2.75) is 33.6 Å². The Balaban J connectivity index is 0.00000361. The highest BCUT2D eigenvalue weighted by atomic mass is 35.5. The Morgan fingerprint density at radius 2 is 1.80 bits per heavy atom. The van der Waals surface area contributed by atoms with Crippen LogP contribution in [0.1, 0.15) is 33.6 Å². The minimum absolute atomic E-state index is 0. The largest absolute Gasteiger partial charge is 0.384 e. The number of hydrogen-bond donors (Lipinski definition) is 2. The zero-order valence-corrected chi connectivity index (χ0v) is 14.6. The van der Waals surface area contributed by atoms with E-state index in [9.17, 15) is 8.42 Å². The lowest BCUT2D eigenvalue weighted by Crippen LogP contribution is -2.48. The average molecular weight is 329 g/mol. The van der Waals surface area contributed by atoms with Crippen LogP contribution in [0.15, 0.2) is 0 Å². The van der Waals surface area contributed by atoms with E-state index in [1.807, 2.05) is 20.8 Å². The normalized spacial score (nSPS) is 19.4. The quantitative estimate of drug-likeness (QED) is 0.773. The van der Waals surface area contributed by atoms with Crippen LogP contribution in [0, 0.1) is 10.8 Å². The fraction of sp³-hybridized carbons (Fsp3) is 1.00. The van der Waals surface area contributed by atoms with E-state index in [0.29, 0.717) is 13.2 Å². The molecule has 0 unspecified atom stereocenters. The summed E-state index contributed by atoms with van der Waals surface area (Å²) in [6.07, 6.45) is 1.89. The first kappa shape index (κ1) is 20.1. The highest BCUT2D eigenvalue weighted by Gasteiger charge is 2.34. The van der Waals surface area contributed by atoms with Gasteiger partial charge in [-0.3, -0.25) is 0 Å². The van der Waals surface area contributed by atoms with Crippen LogP contribution in [0.4, 0.5) is 0 Å². The van der Waals surface area contributed by atoms with Crippen molar-refractivity contribution in [1.82, 2.24) is 10.0 Å². The monoisotopic (exact) mass is 328 g/mol. The van der Waals surface area contributed by atoms with Crippen molar-refractivity contribution in [3.8, 4) is 0 Å². The zero-order valence-electron chi connectivity index (χ0n) is 13.0. The molecule has 1 heterocycles. The van der Waals surface area contributed by atoms with Gasteiger partial charge >= 0.3 is 0 Å². The van der Waals surface area contributed by atoms with Gasteiger partial charge in [-0.2, -0.15) is 0 Å². The van der Waals surface area contributed by atoms with Crippen molar-refractivity contribution in [1.29, 1.82) is 0 Å². The summed E-state index contributed by atoms with van der Waals surface area (Å²) in [5.74, 6) is 0.154. The third-order valence-corrected chi connectivity index (χ3v) is 5.24. The minimum Gasteiger partial charge on any atom is -0.384 e. The molecule has 1 aliphatic rings. The third kappa shape index (κ3) is 7.22. The van der Waals surface area contributed by atoms with Crippen LogP contribution in [-0.2, 0) is 14.8 Å². The van der Waals surface area contributed by atoms with Gasteiger partial charge in [-0.15, -0.1) is 12.4 Å². The lowest BCUT2D eigenvalue weighted by Gasteiger charge is -2.37. The summed E-state index contributed by atoms with van der Waals surface area (Å²) < 4.78 is 32.2. The Bertz CT molecular complexity index is 368. The number of halogens is 1. The maximum absolute atomic E-state index is 12.1. The summed E-state index contributed by atoms with van der Waals surface area (Å²) in [5, 5.41) is 3.30. The molecule has 0 aromatic rings. The fourth-order valence-electron chi connectivity index (χ4n) is 2.52. The Labute approximate surface area is 129 Å². The van der Waals surface area contributed by atoms with Crippen molar-refractivity contribution < 1.29 is 13.2 Å². The standard InChI is InChI=1S/C13H28N2O3S.ClH/c1-12(2,3)11-19(16,17)15-9-13(10-18-4)5-7-14-8-6-13;/h14-15H,5-11H2,1-4H3;1H. The summed E-state index contributed by atoms with van der Waals surface area (Å²) in [6.45, 7) is 8.72. The molecule has 0 atom stereocenters. The van der Waals surface area contributed by atoms with E-state index in [0.717, 1.165) is 25.9 Å². The number of ether oxygens (including phenoxy) is 1. The van der Waals surface area contributed by atoms with Gasteiger partial charge in [0.15, 0.2) is 0 Å². The second-order valence-corrected chi connectivity index (χ2v) is 8.63. The van der Waals surface area contributed by atoms with E-state index in [1.165, 1.54) is 0 Å². The summed E-state index contributed by atoms with van der Waals surface area (Å²) in [5.41, 5.74) is -0.292. The molecule has 0 saturated carbocycles. The maximum atomic E-state index is 12.1. The van der Waals surface area contributed by atoms with Gasteiger partial charge in [0.2, 0.25) is 10.0 Å². The predicted molar refractivity (Wildman–Crippen MR) is 84.9 cm³/mol. The van der Waals surface area contributed by atoms with Gasteiger partial charge in [0, 0.05) is 19.1 Å². The molecule has 1 fully saturated rings. The lowest BCUT2D eigenvalue weighted by atomic mass is 9.80. The number of methoxy groups -OCH3 is 1. The van der Waals surface area contributed by atoms with Crippen LogP contribution in [0.2, 0.25) is 0 Å². The van der Waals surface area contributed by atoms with Crippen molar-refractivity contribution >= 4 is 22.4 Å². The second kappa shape index (κ2) is 7.94. The Hall–Kier alpha value is 0.120. The van der Waals surface area contributed by atoms with E-state index in [-0.39, 0.29) is 29.0 Å². The van der Waals surface area contributed by atoms with Crippen LogP contribution in [0.25, 0.3) is 0 Å². The highest BCUT2D eigenvalue weighted by molar-refractivity contribution is 7.89. The molecule has 7 heteroatoms. The van der Waals surface area contributed by atoms with Crippen LogP contribution >= 0.6 is 12.4 Å². The number of nitrogens with one attached hydrogen (secondary N) is 2. The van der Waals surface area contributed by atoms with E-state index in [1.54, 1.807) is 7.11 Å². The topological polar surface area (TPSA) is 67.4 Å². The molecule has 0 amide bonds. The van der Waals surface area contributed by atoms with Gasteiger partial charge in [0.1, 0.15) is 0 Å². The maximum Gasteiger partial charge on any atom is 0.212 e. The lowest BCUT2D eigenvalue weighted by molar-refractivity contribution is 0.0576. The number of hydrogen-bond acceptors (Lipinski definition) is 4. The molecule has 0 bridgehead atoms. The summed E-state index contributed by atoms with van der Waals surface area (Å²) in [7, 11) is -1.55. The molecule has 122 valence electrons. The van der Waals surface area contributed by atoms with Crippen molar-refractivity contribution in [3.63, 3.8) is 0 Å². The second-order valence-electron chi connectivity index (χ2n) is 6.82. The minimum atomic E-state index is -3.22. The molecule has 0 aliphatic carbocycles. The first-order valence-corrected chi connectivity index (χ1v) is 8.50. The number of rotatable bonds is 6. The van der Waals surface area contributed by atoms with Crippen LogP contribution in [0.3, 0.4) is 0 Å². The molecule has 20 heavy (non-hydrogen) atoms. The van der Waals surface area contributed by atoms with E-state index < -0.39 is 10.0 Å². The molecule has 0 spiro atoms.